The van der Waals surface area contributed by atoms with Gasteiger partial charge in [0.2, 0.25) is 0 Å². The predicted molar refractivity (Wildman–Crippen MR) is 84.7 cm³/mol. The summed E-state index contributed by atoms with van der Waals surface area (Å²) in [5.41, 5.74) is 1.36. The van der Waals surface area contributed by atoms with Gasteiger partial charge in [0.05, 0.1) is 13.1 Å². The molecule has 0 aromatic heterocycles. The molecule has 104 valence electrons. The van der Waals surface area contributed by atoms with Crippen molar-refractivity contribution in [1.82, 2.24) is 0 Å². The predicted octanol–water partition coefficient (Wildman–Crippen LogP) is 2.61. The van der Waals surface area contributed by atoms with Gasteiger partial charge >= 0.3 is 0 Å². The molecular formula is C17H20NOS+. The van der Waals surface area contributed by atoms with Crippen molar-refractivity contribution in [3.8, 4) is 11.5 Å². The van der Waals surface area contributed by atoms with Crippen molar-refractivity contribution >= 4 is 11.8 Å². The highest BCUT2D eigenvalue weighted by atomic mass is 32.2. The van der Waals surface area contributed by atoms with E-state index in [0.29, 0.717) is 0 Å². The lowest BCUT2D eigenvalue weighted by Gasteiger charge is -2.23. The largest absolute Gasteiger partial charge is 0.457 e. The van der Waals surface area contributed by atoms with E-state index in [0.717, 1.165) is 18.0 Å². The molecule has 1 aliphatic rings. The van der Waals surface area contributed by atoms with Crippen molar-refractivity contribution in [3.05, 3.63) is 60.2 Å². The minimum absolute atomic E-state index is 0.895. The van der Waals surface area contributed by atoms with E-state index in [1.54, 1.807) is 4.90 Å². The second-order valence-electron chi connectivity index (χ2n) is 5.10. The van der Waals surface area contributed by atoms with Crippen LogP contribution < -0.4 is 9.64 Å². The molecule has 1 heterocycles. The van der Waals surface area contributed by atoms with Gasteiger partial charge in [0.15, 0.2) is 0 Å². The van der Waals surface area contributed by atoms with Crippen LogP contribution in [0.25, 0.3) is 0 Å². The van der Waals surface area contributed by atoms with Gasteiger partial charge in [-0.15, -0.1) is 0 Å². The number of thioether (sulfide) groups is 1. The molecule has 1 N–H and O–H groups in total. The third-order valence-electron chi connectivity index (χ3n) is 3.53. The molecule has 0 radical (unpaired) electrons. The third-order valence-corrected chi connectivity index (χ3v) is 4.52. The van der Waals surface area contributed by atoms with Crippen molar-refractivity contribution in [2.24, 2.45) is 0 Å². The van der Waals surface area contributed by atoms with Crippen LogP contribution in [0.4, 0.5) is 0 Å². The van der Waals surface area contributed by atoms with Gasteiger partial charge in [-0.3, -0.25) is 0 Å². The van der Waals surface area contributed by atoms with Gasteiger partial charge in [-0.25, -0.2) is 0 Å². The number of rotatable bonds is 4. The number of quaternary nitrogens is 1. The average Bonchev–Trinajstić information content (AvgIpc) is 2.50. The SMILES string of the molecule is c1ccc(Oc2cccc(C[NH+]3CCSCC3)c2)cc1. The zero-order valence-electron chi connectivity index (χ0n) is 11.5. The lowest BCUT2D eigenvalue weighted by atomic mass is 10.2. The summed E-state index contributed by atoms with van der Waals surface area (Å²) in [4.78, 5) is 1.68. The zero-order valence-corrected chi connectivity index (χ0v) is 12.4. The summed E-state index contributed by atoms with van der Waals surface area (Å²) in [6.45, 7) is 3.65. The van der Waals surface area contributed by atoms with Gasteiger partial charge in [-0.1, -0.05) is 30.3 Å². The van der Waals surface area contributed by atoms with Crippen LogP contribution in [0.5, 0.6) is 11.5 Å². The summed E-state index contributed by atoms with van der Waals surface area (Å²) >= 11 is 2.07. The Kier molecular flexibility index (Phi) is 4.61. The van der Waals surface area contributed by atoms with Crippen LogP contribution in [0, 0.1) is 0 Å². The Bertz CT molecular complexity index is 538. The van der Waals surface area contributed by atoms with Crippen LogP contribution in [-0.2, 0) is 6.54 Å². The Balaban J connectivity index is 1.66. The molecule has 2 aromatic rings. The second kappa shape index (κ2) is 6.82. The highest BCUT2D eigenvalue weighted by molar-refractivity contribution is 7.99. The number of ether oxygens (including phenoxy) is 1. The fraction of sp³-hybridized carbons (Fsp3) is 0.294. The lowest BCUT2D eigenvalue weighted by molar-refractivity contribution is -0.910. The van der Waals surface area contributed by atoms with Crippen molar-refractivity contribution in [3.63, 3.8) is 0 Å². The Labute approximate surface area is 124 Å². The van der Waals surface area contributed by atoms with E-state index in [2.05, 4.69) is 30.0 Å². The summed E-state index contributed by atoms with van der Waals surface area (Å²) in [7, 11) is 0. The first kappa shape index (κ1) is 13.5. The molecular weight excluding hydrogens is 266 g/mol. The van der Waals surface area contributed by atoms with E-state index in [1.165, 1.54) is 30.2 Å². The molecule has 3 rings (SSSR count). The normalized spacial score (nSPS) is 16.0. The van der Waals surface area contributed by atoms with Crippen molar-refractivity contribution in [1.29, 1.82) is 0 Å². The van der Waals surface area contributed by atoms with Gasteiger partial charge in [0, 0.05) is 17.1 Å². The van der Waals surface area contributed by atoms with Gasteiger partial charge in [0.25, 0.3) is 0 Å². The Morgan fingerprint density at radius 2 is 1.65 bits per heavy atom. The smallest absolute Gasteiger partial charge is 0.127 e. The van der Waals surface area contributed by atoms with Gasteiger partial charge in [0.1, 0.15) is 18.0 Å². The molecule has 0 unspecified atom stereocenters. The molecule has 0 bridgehead atoms. The van der Waals surface area contributed by atoms with Crippen LogP contribution in [0.2, 0.25) is 0 Å². The van der Waals surface area contributed by atoms with Crippen molar-refractivity contribution < 1.29 is 9.64 Å². The summed E-state index contributed by atoms with van der Waals surface area (Å²) in [6, 6.07) is 18.4. The molecule has 1 saturated heterocycles. The maximum absolute atomic E-state index is 5.89. The summed E-state index contributed by atoms with van der Waals surface area (Å²) in [5, 5.41) is 0. The number of benzene rings is 2. The van der Waals surface area contributed by atoms with E-state index in [1.807, 2.05) is 36.4 Å². The van der Waals surface area contributed by atoms with Crippen LogP contribution in [0.1, 0.15) is 5.56 Å². The topological polar surface area (TPSA) is 13.7 Å². The molecule has 3 heteroatoms. The Hall–Kier alpha value is -1.45. The highest BCUT2D eigenvalue weighted by Gasteiger charge is 2.14. The average molecular weight is 286 g/mol. The zero-order chi connectivity index (χ0) is 13.6. The number of hydrogen-bond acceptors (Lipinski definition) is 2. The van der Waals surface area contributed by atoms with Gasteiger partial charge < -0.3 is 9.64 Å². The van der Waals surface area contributed by atoms with E-state index in [-0.39, 0.29) is 0 Å². The quantitative estimate of drug-likeness (QED) is 0.928. The maximum Gasteiger partial charge on any atom is 0.127 e. The summed E-state index contributed by atoms with van der Waals surface area (Å²) in [6.07, 6.45) is 0. The van der Waals surface area contributed by atoms with Gasteiger partial charge in [-0.2, -0.15) is 11.8 Å². The first-order chi connectivity index (χ1) is 9.90. The van der Waals surface area contributed by atoms with E-state index in [9.17, 15) is 0 Å². The maximum atomic E-state index is 5.89. The van der Waals surface area contributed by atoms with Crippen molar-refractivity contribution in [2.75, 3.05) is 24.6 Å². The van der Waals surface area contributed by atoms with E-state index in [4.69, 9.17) is 4.74 Å². The second-order valence-corrected chi connectivity index (χ2v) is 6.33. The van der Waals surface area contributed by atoms with Gasteiger partial charge in [-0.05, 0) is 24.3 Å². The molecule has 0 saturated carbocycles. The minimum atomic E-state index is 0.895. The van der Waals surface area contributed by atoms with E-state index < -0.39 is 0 Å². The molecule has 20 heavy (non-hydrogen) atoms. The van der Waals surface area contributed by atoms with Crippen LogP contribution in [-0.4, -0.2) is 24.6 Å². The molecule has 2 nitrogen and oxygen atoms in total. The monoisotopic (exact) mass is 286 g/mol. The number of hydrogen-bond donors (Lipinski definition) is 1. The van der Waals surface area contributed by atoms with E-state index >= 15 is 0 Å². The molecule has 0 aliphatic carbocycles. The number of para-hydroxylation sites is 1. The first-order valence-electron chi connectivity index (χ1n) is 7.13. The fourth-order valence-electron chi connectivity index (χ4n) is 2.47. The standard InChI is InChI=1S/C17H19NOS/c1-2-6-16(7-3-1)19-17-8-4-5-15(13-17)14-18-9-11-20-12-10-18/h1-8,13H,9-12,14H2/p+1. The highest BCUT2D eigenvalue weighted by Crippen LogP contribution is 2.21. The summed E-state index contributed by atoms with van der Waals surface area (Å²) in [5.74, 6) is 4.40. The molecule has 1 fully saturated rings. The molecule has 0 spiro atoms. The Morgan fingerprint density at radius 3 is 2.45 bits per heavy atom. The molecule has 1 aliphatic heterocycles. The Morgan fingerprint density at radius 1 is 0.900 bits per heavy atom. The summed E-state index contributed by atoms with van der Waals surface area (Å²) < 4.78 is 5.89. The molecule has 0 atom stereocenters. The first-order valence-corrected chi connectivity index (χ1v) is 8.29. The van der Waals surface area contributed by atoms with Crippen LogP contribution in [0.3, 0.4) is 0 Å². The minimum Gasteiger partial charge on any atom is -0.457 e. The molecule has 2 aromatic carbocycles. The van der Waals surface area contributed by atoms with Crippen LogP contribution in [0.15, 0.2) is 54.6 Å². The number of nitrogens with one attached hydrogen (secondary N) is 1. The molecule has 0 amide bonds. The van der Waals surface area contributed by atoms with Crippen LogP contribution >= 0.6 is 11.8 Å². The van der Waals surface area contributed by atoms with Crippen molar-refractivity contribution in [2.45, 2.75) is 6.54 Å². The lowest BCUT2D eigenvalue weighted by Crippen LogP contribution is -3.12. The fourth-order valence-corrected chi connectivity index (χ4v) is 3.54. The third kappa shape index (κ3) is 3.78.